The van der Waals surface area contributed by atoms with E-state index in [2.05, 4.69) is 20.9 Å². The molecular weight excluding hydrogens is 498 g/mol. The Bertz CT molecular complexity index is 800. The maximum atomic E-state index is 12.9. The normalized spacial score (nSPS) is 10.7. The number of nitrogens with one attached hydrogen (secondary N) is 3. The quantitative estimate of drug-likeness (QED) is 0.192. The van der Waals surface area contributed by atoms with Crippen LogP contribution in [-0.2, 0) is 6.42 Å². The fourth-order valence-electron chi connectivity index (χ4n) is 2.66. The topological polar surface area (TPSA) is 74.8 Å². The van der Waals surface area contributed by atoms with Crippen LogP contribution in [0.5, 0.6) is 5.75 Å². The van der Waals surface area contributed by atoms with Crippen molar-refractivity contribution in [2.24, 2.45) is 4.99 Å². The van der Waals surface area contributed by atoms with Crippen LogP contribution in [0.1, 0.15) is 29.3 Å². The maximum absolute atomic E-state index is 12.9. The van der Waals surface area contributed by atoms with Gasteiger partial charge in [0.2, 0.25) is 0 Å². The number of guanidine groups is 1. The standard InChI is InChI=1S/C22H29FN4O2.HI/c1-3-25-22(26-13-5-15-29-20-10-8-19(23)9-11-20)27-14-12-17-6-4-7-18(16-17)21(28)24-2;/h4,6-11,16H,3,5,12-15H2,1-2H3,(H,24,28)(H2,25,26,27);1H. The first-order valence-electron chi connectivity index (χ1n) is 9.84. The van der Waals surface area contributed by atoms with Gasteiger partial charge in [-0.2, -0.15) is 0 Å². The van der Waals surface area contributed by atoms with Crippen LogP contribution >= 0.6 is 24.0 Å². The highest BCUT2D eigenvalue weighted by Gasteiger charge is 2.04. The van der Waals surface area contributed by atoms with Gasteiger partial charge in [0.25, 0.3) is 5.91 Å². The molecule has 0 bridgehead atoms. The van der Waals surface area contributed by atoms with E-state index in [0.717, 1.165) is 30.9 Å². The van der Waals surface area contributed by atoms with Crippen LogP contribution in [0.15, 0.2) is 53.5 Å². The van der Waals surface area contributed by atoms with Crippen LogP contribution in [0.3, 0.4) is 0 Å². The van der Waals surface area contributed by atoms with E-state index in [1.165, 1.54) is 12.1 Å². The second-order valence-electron chi connectivity index (χ2n) is 6.37. The molecule has 0 spiro atoms. The number of carbonyl (C=O) groups is 1. The number of rotatable bonds is 10. The fourth-order valence-corrected chi connectivity index (χ4v) is 2.66. The predicted octanol–water partition coefficient (Wildman–Crippen LogP) is 3.37. The van der Waals surface area contributed by atoms with E-state index in [9.17, 15) is 9.18 Å². The SMILES string of the molecule is CCNC(=NCCCOc1ccc(F)cc1)NCCc1cccc(C(=O)NC)c1.I. The van der Waals surface area contributed by atoms with Gasteiger partial charge in [-0.05, 0) is 55.3 Å². The summed E-state index contributed by atoms with van der Waals surface area (Å²) in [5.41, 5.74) is 1.74. The third kappa shape index (κ3) is 9.43. The van der Waals surface area contributed by atoms with Crippen LogP contribution in [0.2, 0.25) is 0 Å². The Balaban J connectivity index is 0.00000450. The number of hydrogen-bond donors (Lipinski definition) is 3. The fraction of sp³-hybridized carbons (Fsp3) is 0.364. The molecular formula is C22H30FIN4O2. The van der Waals surface area contributed by atoms with Crippen LogP contribution in [0.4, 0.5) is 4.39 Å². The number of hydrogen-bond acceptors (Lipinski definition) is 3. The maximum Gasteiger partial charge on any atom is 0.251 e. The minimum atomic E-state index is -0.274. The summed E-state index contributed by atoms with van der Waals surface area (Å²) < 4.78 is 18.4. The zero-order valence-corrected chi connectivity index (χ0v) is 19.7. The summed E-state index contributed by atoms with van der Waals surface area (Å²) in [6, 6.07) is 13.6. The highest BCUT2D eigenvalue weighted by molar-refractivity contribution is 14.0. The Morgan fingerprint density at radius 3 is 2.60 bits per heavy atom. The molecule has 1 amide bonds. The molecule has 6 nitrogen and oxygen atoms in total. The summed E-state index contributed by atoms with van der Waals surface area (Å²) in [6.45, 7) is 4.62. The molecule has 0 aliphatic heterocycles. The minimum Gasteiger partial charge on any atom is -0.494 e. The van der Waals surface area contributed by atoms with E-state index >= 15 is 0 Å². The minimum absolute atomic E-state index is 0. The molecule has 2 aromatic rings. The molecule has 0 saturated heterocycles. The number of halogens is 2. The van der Waals surface area contributed by atoms with Crippen molar-refractivity contribution in [3.05, 3.63) is 65.5 Å². The molecule has 0 heterocycles. The summed E-state index contributed by atoms with van der Waals surface area (Å²) in [6.07, 6.45) is 1.53. The molecule has 0 radical (unpaired) electrons. The number of nitrogens with zero attached hydrogens (tertiary/aromatic N) is 1. The van der Waals surface area contributed by atoms with Crippen molar-refractivity contribution in [3.8, 4) is 5.75 Å². The van der Waals surface area contributed by atoms with Crippen LogP contribution in [-0.4, -0.2) is 45.2 Å². The van der Waals surface area contributed by atoms with Crippen molar-refractivity contribution in [3.63, 3.8) is 0 Å². The lowest BCUT2D eigenvalue weighted by atomic mass is 10.1. The smallest absolute Gasteiger partial charge is 0.251 e. The lowest BCUT2D eigenvalue weighted by Crippen LogP contribution is -2.38. The Labute approximate surface area is 194 Å². The second-order valence-corrected chi connectivity index (χ2v) is 6.37. The van der Waals surface area contributed by atoms with Gasteiger partial charge in [0, 0.05) is 38.7 Å². The van der Waals surface area contributed by atoms with Crippen molar-refractivity contribution in [1.82, 2.24) is 16.0 Å². The van der Waals surface area contributed by atoms with E-state index < -0.39 is 0 Å². The van der Waals surface area contributed by atoms with Crippen LogP contribution in [0.25, 0.3) is 0 Å². The van der Waals surface area contributed by atoms with Gasteiger partial charge in [-0.25, -0.2) is 4.39 Å². The molecule has 8 heteroatoms. The Hall–Kier alpha value is -2.36. The molecule has 0 aliphatic rings. The lowest BCUT2D eigenvalue weighted by molar-refractivity contribution is 0.0963. The lowest BCUT2D eigenvalue weighted by Gasteiger charge is -2.12. The molecule has 30 heavy (non-hydrogen) atoms. The molecule has 0 fully saturated rings. The number of amides is 1. The first kappa shape index (κ1) is 25.7. The van der Waals surface area contributed by atoms with E-state index in [-0.39, 0.29) is 35.7 Å². The Kier molecular flexibility index (Phi) is 12.5. The van der Waals surface area contributed by atoms with Crippen molar-refractivity contribution in [1.29, 1.82) is 0 Å². The van der Waals surface area contributed by atoms with Crippen molar-refractivity contribution < 1.29 is 13.9 Å². The van der Waals surface area contributed by atoms with Crippen molar-refractivity contribution in [2.45, 2.75) is 19.8 Å². The monoisotopic (exact) mass is 528 g/mol. The van der Waals surface area contributed by atoms with Gasteiger partial charge < -0.3 is 20.7 Å². The Morgan fingerprint density at radius 1 is 1.13 bits per heavy atom. The Morgan fingerprint density at radius 2 is 1.90 bits per heavy atom. The number of aliphatic imine (C=N–C) groups is 1. The highest BCUT2D eigenvalue weighted by Crippen LogP contribution is 2.11. The molecule has 0 atom stereocenters. The summed E-state index contributed by atoms with van der Waals surface area (Å²) in [5, 5.41) is 9.15. The van der Waals surface area contributed by atoms with Crippen LogP contribution < -0.4 is 20.7 Å². The molecule has 0 unspecified atom stereocenters. The second kappa shape index (κ2) is 14.6. The van der Waals surface area contributed by atoms with Crippen LogP contribution in [0, 0.1) is 5.82 Å². The van der Waals surface area contributed by atoms with E-state index in [1.54, 1.807) is 25.2 Å². The average molecular weight is 528 g/mol. The van der Waals surface area contributed by atoms with Crippen molar-refractivity contribution >= 4 is 35.8 Å². The number of benzene rings is 2. The van der Waals surface area contributed by atoms with Gasteiger partial charge in [0.15, 0.2) is 5.96 Å². The van der Waals surface area contributed by atoms with Gasteiger partial charge in [0.05, 0.1) is 6.61 Å². The largest absolute Gasteiger partial charge is 0.494 e. The summed E-state index contributed by atoms with van der Waals surface area (Å²) in [7, 11) is 1.63. The zero-order chi connectivity index (χ0) is 20.9. The predicted molar refractivity (Wildman–Crippen MR) is 129 cm³/mol. The van der Waals surface area contributed by atoms with E-state index in [4.69, 9.17) is 4.74 Å². The van der Waals surface area contributed by atoms with E-state index in [0.29, 0.717) is 31.0 Å². The van der Waals surface area contributed by atoms with Crippen molar-refractivity contribution in [2.75, 3.05) is 33.3 Å². The molecule has 0 saturated carbocycles. The third-order valence-corrected chi connectivity index (χ3v) is 4.12. The number of ether oxygens (including phenoxy) is 1. The van der Waals surface area contributed by atoms with Gasteiger partial charge in [0.1, 0.15) is 11.6 Å². The summed E-state index contributed by atoms with van der Waals surface area (Å²) >= 11 is 0. The molecule has 0 aliphatic carbocycles. The third-order valence-electron chi connectivity index (χ3n) is 4.12. The van der Waals surface area contributed by atoms with Gasteiger partial charge in [-0.3, -0.25) is 9.79 Å². The average Bonchev–Trinajstić information content (AvgIpc) is 2.74. The van der Waals surface area contributed by atoms with E-state index in [1.807, 2.05) is 25.1 Å². The first-order valence-corrected chi connectivity index (χ1v) is 9.84. The molecule has 3 N–H and O–H groups in total. The summed E-state index contributed by atoms with van der Waals surface area (Å²) in [4.78, 5) is 16.3. The molecule has 2 rings (SSSR count). The summed E-state index contributed by atoms with van der Waals surface area (Å²) in [5.74, 6) is 1.04. The highest BCUT2D eigenvalue weighted by atomic mass is 127. The zero-order valence-electron chi connectivity index (χ0n) is 17.4. The molecule has 0 aromatic heterocycles. The first-order chi connectivity index (χ1) is 14.1. The molecule has 164 valence electrons. The molecule has 2 aromatic carbocycles. The number of carbonyl (C=O) groups excluding carboxylic acids is 1. The van der Waals surface area contributed by atoms with Gasteiger partial charge in [-0.15, -0.1) is 24.0 Å². The van der Waals surface area contributed by atoms with Gasteiger partial charge >= 0.3 is 0 Å². The van der Waals surface area contributed by atoms with Gasteiger partial charge in [-0.1, -0.05) is 12.1 Å².